The normalized spacial score (nSPS) is 15.0. The van der Waals surface area contributed by atoms with Gasteiger partial charge in [-0.25, -0.2) is 0 Å². The zero-order valence-corrected chi connectivity index (χ0v) is 8.79. The number of benzene rings is 1. The fraction of sp³-hybridized carbons (Fsp3) is 0.417. The Morgan fingerprint density at radius 3 is 2.80 bits per heavy atom. The standard InChI is InChI=1S/C12H15NO2/c1-13-12(15)10-5-4-9(7-11(10)14)6-8-2-3-8/h4-5,7-8,14H,2-3,6H2,1H3,(H,13,15). The van der Waals surface area contributed by atoms with Crippen molar-refractivity contribution in [3.05, 3.63) is 29.3 Å². The molecule has 80 valence electrons. The van der Waals surface area contributed by atoms with Crippen molar-refractivity contribution in [3.8, 4) is 5.75 Å². The van der Waals surface area contributed by atoms with Gasteiger partial charge in [0.1, 0.15) is 5.75 Å². The lowest BCUT2D eigenvalue weighted by atomic mass is 10.1. The van der Waals surface area contributed by atoms with Crippen LogP contribution in [-0.4, -0.2) is 18.1 Å². The summed E-state index contributed by atoms with van der Waals surface area (Å²) in [5.74, 6) is 0.619. The molecule has 1 saturated carbocycles. The summed E-state index contributed by atoms with van der Waals surface area (Å²) in [5.41, 5.74) is 1.46. The molecule has 1 aromatic carbocycles. The van der Waals surface area contributed by atoms with E-state index in [4.69, 9.17) is 0 Å². The van der Waals surface area contributed by atoms with Gasteiger partial charge >= 0.3 is 0 Å². The minimum atomic E-state index is -0.245. The van der Waals surface area contributed by atoms with Gasteiger partial charge in [0, 0.05) is 7.05 Å². The molecule has 15 heavy (non-hydrogen) atoms. The van der Waals surface area contributed by atoms with Gasteiger partial charge in [-0.15, -0.1) is 0 Å². The molecule has 1 amide bonds. The summed E-state index contributed by atoms with van der Waals surface area (Å²) in [7, 11) is 1.56. The van der Waals surface area contributed by atoms with Gasteiger partial charge in [-0.2, -0.15) is 0 Å². The number of amides is 1. The highest BCUT2D eigenvalue weighted by Crippen LogP contribution is 2.33. The zero-order chi connectivity index (χ0) is 10.8. The second-order valence-corrected chi connectivity index (χ2v) is 4.08. The van der Waals surface area contributed by atoms with Crippen LogP contribution in [0.15, 0.2) is 18.2 Å². The fourth-order valence-corrected chi connectivity index (χ4v) is 1.69. The Morgan fingerprint density at radius 2 is 2.27 bits per heavy atom. The number of aromatic hydroxyl groups is 1. The quantitative estimate of drug-likeness (QED) is 0.789. The van der Waals surface area contributed by atoms with Crippen molar-refractivity contribution in [2.45, 2.75) is 19.3 Å². The van der Waals surface area contributed by atoms with E-state index in [1.54, 1.807) is 19.2 Å². The lowest BCUT2D eigenvalue weighted by Crippen LogP contribution is -2.17. The topological polar surface area (TPSA) is 49.3 Å². The van der Waals surface area contributed by atoms with Gasteiger partial charge in [-0.05, 0) is 42.9 Å². The van der Waals surface area contributed by atoms with E-state index in [1.165, 1.54) is 12.8 Å². The van der Waals surface area contributed by atoms with E-state index in [0.717, 1.165) is 17.9 Å². The first kappa shape index (κ1) is 10.0. The molecule has 0 unspecified atom stereocenters. The third kappa shape index (κ3) is 2.29. The summed E-state index contributed by atoms with van der Waals surface area (Å²) in [6.07, 6.45) is 3.59. The minimum Gasteiger partial charge on any atom is -0.507 e. The Kier molecular flexibility index (Phi) is 2.62. The molecule has 0 aliphatic heterocycles. The van der Waals surface area contributed by atoms with Crippen LogP contribution in [0.5, 0.6) is 5.75 Å². The predicted octanol–water partition coefficient (Wildman–Crippen LogP) is 1.70. The average molecular weight is 205 g/mol. The first-order valence-corrected chi connectivity index (χ1v) is 5.24. The molecule has 2 N–H and O–H groups in total. The van der Waals surface area contributed by atoms with Crippen LogP contribution >= 0.6 is 0 Å². The first-order valence-electron chi connectivity index (χ1n) is 5.24. The molecule has 0 saturated heterocycles. The van der Waals surface area contributed by atoms with Crippen LogP contribution in [0.3, 0.4) is 0 Å². The van der Waals surface area contributed by atoms with Gasteiger partial charge < -0.3 is 10.4 Å². The lowest BCUT2D eigenvalue weighted by molar-refractivity contribution is 0.0960. The van der Waals surface area contributed by atoms with Gasteiger partial charge in [0.25, 0.3) is 5.91 Å². The average Bonchev–Trinajstić information content (AvgIpc) is 3.01. The number of phenols is 1. The Balaban J connectivity index is 2.17. The molecule has 3 nitrogen and oxygen atoms in total. The van der Waals surface area contributed by atoms with Crippen molar-refractivity contribution in [1.29, 1.82) is 0 Å². The molecule has 0 bridgehead atoms. The maximum atomic E-state index is 11.3. The second-order valence-electron chi connectivity index (χ2n) is 4.08. The van der Waals surface area contributed by atoms with Gasteiger partial charge in [0.15, 0.2) is 0 Å². The number of phenolic OH excluding ortho intramolecular Hbond substituents is 1. The molecule has 2 rings (SSSR count). The second kappa shape index (κ2) is 3.93. The van der Waals surface area contributed by atoms with Crippen molar-refractivity contribution in [1.82, 2.24) is 5.32 Å². The van der Waals surface area contributed by atoms with Crippen LogP contribution in [0, 0.1) is 5.92 Å². The molecule has 0 radical (unpaired) electrons. The molecule has 1 fully saturated rings. The van der Waals surface area contributed by atoms with E-state index in [-0.39, 0.29) is 11.7 Å². The van der Waals surface area contributed by atoms with Gasteiger partial charge in [0.2, 0.25) is 0 Å². The third-order valence-corrected chi connectivity index (χ3v) is 2.76. The van der Waals surface area contributed by atoms with Gasteiger partial charge in [-0.1, -0.05) is 6.07 Å². The van der Waals surface area contributed by atoms with Crippen LogP contribution in [0.25, 0.3) is 0 Å². The number of nitrogens with one attached hydrogen (secondary N) is 1. The lowest BCUT2D eigenvalue weighted by Gasteiger charge is -2.05. The van der Waals surface area contributed by atoms with Crippen molar-refractivity contribution in [3.63, 3.8) is 0 Å². The monoisotopic (exact) mass is 205 g/mol. The highest BCUT2D eigenvalue weighted by Gasteiger charge is 2.22. The van der Waals surface area contributed by atoms with E-state index in [0.29, 0.717) is 5.56 Å². The van der Waals surface area contributed by atoms with Crippen LogP contribution in [0.1, 0.15) is 28.8 Å². The SMILES string of the molecule is CNC(=O)c1ccc(CC2CC2)cc1O. The number of carbonyl (C=O) groups is 1. The van der Waals surface area contributed by atoms with E-state index in [9.17, 15) is 9.90 Å². The Morgan fingerprint density at radius 1 is 1.53 bits per heavy atom. The highest BCUT2D eigenvalue weighted by molar-refractivity contribution is 5.96. The predicted molar refractivity (Wildman–Crippen MR) is 57.9 cm³/mol. The number of hydrogen-bond donors (Lipinski definition) is 2. The molecule has 0 atom stereocenters. The van der Waals surface area contributed by atoms with Crippen LogP contribution < -0.4 is 5.32 Å². The zero-order valence-electron chi connectivity index (χ0n) is 8.79. The van der Waals surface area contributed by atoms with Crippen molar-refractivity contribution in [2.24, 2.45) is 5.92 Å². The molecule has 1 aliphatic rings. The summed E-state index contributed by atoms with van der Waals surface area (Å²) < 4.78 is 0. The largest absolute Gasteiger partial charge is 0.507 e. The summed E-state index contributed by atoms with van der Waals surface area (Å²) in [4.78, 5) is 11.3. The maximum absolute atomic E-state index is 11.3. The molecule has 1 aromatic rings. The van der Waals surface area contributed by atoms with E-state index >= 15 is 0 Å². The molecule has 0 heterocycles. The van der Waals surface area contributed by atoms with Crippen molar-refractivity contribution < 1.29 is 9.90 Å². The van der Waals surface area contributed by atoms with E-state index < -0.39 is 0 Å². The highest BCUT2D eigenvalue weighted by atomic mass is 16.3. The minimum absolute atomic E-state index is 0.0764. The van der Waals surface area contributed by atoms with E-state index in [2.05, 4.69) is 5.32 Å². The number of carbonyl (C=O) groups excluding carboxylic acids is 1. The summed E-state index contributed by atoms with van der Waals surface area (Å²) in [6.45, 7) is 0. The third-order valence-electron chi connectivity index (χ3n) is 2.76. The molecule has 1 aliphatic carbocycles. The molecule has 0 aromatic heterocycles. The molecular weight excluding hydrogens is 190 g/mol. The van der Waals surface area contributed by atoms with E-state index in [1.807, 2.05) is 6.07 Å². The number of rotatable bonds is 3. The van der Waals surface area contributed by atoms with Crippen LogP contribution in [0.4, 0.5) is 0 Å². The summed E-state index contributed by atoms with van der Waals surface area (Å²) >= 11 is 0. The Hall–Kier alpha value is -1.51. The number of hydrogen-bond acceptors (Lipinski definition) is 2. The van der Waals surface area contributed by atoms with Crippen LogP contribution in [-0.2, 0) is 6.42 Å². The maximum Gasteiger partial charge on any atom is 0.254 e. The summed E-state index contributed by atoms with van der Waals surface area (Å²) in [6, 6.07) is 5.30. The Bertz CT molecular complexity index is 383. The molecule has 3 heteroatoms. The molecular formula is C12H15NO2. The smallest absolute Gasteiger partial charge is 0.254 e. The molecule has 0 spiro atoms. The van der Waals surface area contributed by atoms with Crippen LogP contribution in [0.2, 0.25) is 0 Å². The van der Waals surface area contributed by atoms with Crippen molar-refractivity contribution in [2.75, 3.05) is 7.05 Å². The first-order chi connectivity index (χ1) is 7.20. The van der Waals surface area contributed by atoms with Gasteiger partial charge in [-0.3, -0.25) is 4.79 Å². The fourth-order valence-electron chi connectivity index (χ4n) is 1.69. The van der Waals surface area contributed by atoms with Gasteiger partial charge in [0.05, 0.1) is 5.56 Å². The Labute approximate surface area is 89.1 Å². The summed E-state index contributed by atoms with van der Waals surface area (Å²) in [5, 5.41) is 12.2. The van der Waals surface area contributed by atoms with Crippen molar-refractivity contribution >= 4 is 5.91 Å².